The molecule has 3 fully saturated rings. The van der Waals surface area contributed by atoms with E-state index in [1.807, 2.05) is 0 Å². The second-order valence-electron chi connectivity index (χ2n) is 7.70. The zero-order valence-corrected chi connectivity index (χ0v) is 11.6. The van der Waals surface area contributed by atoms with Gasteiger partial charge in [0.25, 0.3) is 0 Å². The molecule has 0 heteroatoms. The summed E-state index contributed by atoms with van der Waals surface area (Å²) in [5.41, 5.74) is 0.540. The molecule has 2 bridgehead atoms. The van der Waals surface area contributed by atoms with Gasteiger partial charge in [-0.25, -0.2) is 0 Å². The van der Waals surface area contributed by atoms with Crippen molar-refractivity contribution < 1.29 is 0 Å². The number of hydrogen-bond donors (Lipinski definition) is 0. The van der Waals surface area contributed by atoms with E-state index in [1.165, 1.54) is 44.9 Å². The lowest BCUT2D eigenvalue weighted by Gasteiger charge is -2.36. The van der Waals surface area contributed by atoms with Crippen molar-refractivity contribution >= 4 is 0 Å². The second-order valence-corrected chi connectivity index (χ2v) is 7.70. The minimum absolute atomic E-state index is 0.540. The van der Waals surface area contributed by atoms with Gasteiger partial charge >= 0.3 is 0 Å². The van der Waals surface area contributed by atoms with E-state index in [9.17, 15) is 0 Å². The van der Waals surface area contributed by atoms with Crippen molar-refractivity contribution in [1.29, 1.82) is 0 Å². The summed E-state index contributed by atoms with van der Waals surface area (Å²) in [7, 11) is 0. The van der Waals surface area contributed by atoms with Gasteiger partial charge in [0.2, 0.25) is 0 Å². The van der Waals surface area contributed by atoms with Gasteiger partial charge in [-0.3, -0.25) is 0 Å². The van der Waals surface area contributed by atoms with Crippen molar-refractivity contribution in [3.63, 3.8) is 0 Å². The molecule has 0 atom stereocenters. The molecule has 0 heterocycles. The fourth-order valence-electron chi connectivity index (χ4n) is 4.22. The standard InChI is InChI=1S/C16H30/c1-16(2,3)12-15-10-13-6-4-7-14(11-15)9-5-8-13/h13-15H,4-12H2,1-3H3. The molecule has 0 aromatic carbocycles. The maximum absolute atomic E-state index is 2.42. The van der Waals surface area contributed by atoms with E-state index in [2.05, 4.69) is 20.8 Å². The summed E-state index contributed by atoms with van der Waals surface area (Å²) in [5.74, 6) is 3.19. The highest BCUT2D eigenvalue weighted by Gasteiger charge is 2.29. The molecule has 0 radical (unpaired) electrons. The van der Waals surface area contributed by atoms with Crippen molar-refractivity contribution in [2.75, 3.05) is 0 Å². The summed E-state index contributed by atoms with van der Waals surface area (Å²) in [5, 5.41) is 0. The van der Waals surface area contributed by atoms with E-state index in [-0.39, 0.29) is 0 Å². The fraction of sp³-hybridized carbons (Fsp3) is 1.00. The number of hydrogen-bond acceptors (Lipinski definition) is 0. The Labute approximate surface area is 102 Å². The lowest BCUT2D eigenvalue weighted by molar-refractivity contribution is 0.154. The molecule has 0 amide bonds. The summed E-state index contributed by atoms with van der Waals surface area (Å²) in [4.78, 5) is 0. The smallest absolute Gasteiger partial charge is 0.0380 e. The van der Waals surface area contributed by atoms with Gasteiger partial charge in [0, 0.05) is 0 Å². The van der Waals surface area contributed by atoms with Gasteiger partial charge in [-0.2, -0.15) is 0 Å². The van der Waals surface area contributed by atoms with E-state index in [4.69, 9.17) is 0 Å². The van der Waals surface area contributed by atoms with E-state index in [0.29, 0.717) is 5.41 Å². The first-order valence-corrected chi connectivity index (χ1v) is 7.53. The third-order valence-corrected chi connectivity index (χ3v) is 4.68. The van der Waals surface area contributed by atoms with E-state index < -0.39 is 0 Å². The van der Waals surface area contributed by atoms with Gasteiger partial charge in [-0.05, 0) is 42.4 Å². The van der Waals surface area contributed by atoms with Gasteiger partial charge in [0.1, 0.15) is 0 Å². The molecule has 0 aliphatic heterocycles. The maximum atomic E-state index is 2.42. The van der Waals surface area contributed by atoms with Crippen LogP contribution >= 0.6 is 0 Å². The van der Waals surface area contributed by atoms with E-state index in [0.717, 1.165) is 17.8 Å². The first kappa shape index (κ1) is 12.5. The van der Waals surface area contributed by atoms with Crippen molar-refractivity contribution in [3.8, 4) is 0 Å². The molecule has 0 spiro atoms. The van der Waals surface area contributed by atoms with Crippen LogP contribution in [-0.4, -0.2) is 0 Å². The Hall–Kier alpha value is 0. The van der Waals surface area contributed by atoms with Crippen LogP contribution in [0.1, 0.15) is 78.6 Å². The largest absolute Gasteiger partial charge is 0.0602 e. The summed E-state index contributed by atoms with van der Waals surface area (Å²) < 4.78 is 0. The van der Waals surface area contributed by atoms with E-state index >= 15 is 0 Å². The highest BCUT2D eigenvalue weighted by molar-refractivity contribution is 4.81. The predicted octanol–water partition coefficient (Wildman–Crippen LogP) is 5.42. The Morgan fingerprint density at radius 1 is 0.812 bits per heavy atom. The first-order valence-electron chi connectivity index (χ1n) is 7.53. The molecular weight excluding hydrogens is 192 g/mol. The SMILES string of the molecule is CC(C)(C)CC1CC2CCCC(CCC2)C1. The predicted molar refractivity (Wildman–Crippen MR) is 71.5 cm³/mol. The van der Waals surface area contributed by atoms with Crippen LogP contribution in [0.15, 0.2) is 0 Å². The van der Waals surface area contributed by atoms with Gasteiger partial charge in [-0.15, -0.1) is 0 Å². The molecule has 94 valence electrons. The monoisotopic (exact) mass is 222 g/mol. The molecule has 0 aromatic rings. The second kappa shape index (κ2) is 5.10. The topological polar surface area (TPSA) is 0 Å². The Morgan fingerprint density at radius 2 is 1.25 bits per heavy atom. The highest BCUT2D eigenvalue weighted by atomic mass is 14.3. The Morgan fingerprint density at radius 3 is 1.62 bits per heavy atom. The van der Waals surface area contributed by atoms with Crippen LogP contribution in [0, 0.1) is 23.2 Å². The Kier molecular flexibility index (Phi) is 3.97. The molecule has 0 aromatic heterocycles. The number of rotatable bonds is 1. The summed E-state index contributed by atoms with van der Waals surface area (Å²) in [6, 6.07) is 0. The van der Waals surface area contributed by atoms with Crippen LogP contribution in [0.2, 0.25) is 0 Å². The van der Waals surface area contributed by atoms with Crippen molar-refractivity contribution in [3.05, 3.63) is 0 Å². The fourth-order valence-corrected chi connectivity index (χ4v) is 4.22. The Balaban J connectivity index is 1.98. The number of fused-ring (bicyclic) bond motifs is 6. The van der Waals surface area contributed by atoms with Crippen LogP contribution in [-0.2, 0) is 0 Å². The average molecular weight is 222 g/mol. The maximum Gasteiger partial charge on any atom is -0.0380 e. The molecule has 3 saturated carbocycles. The average Bonchev–Trinajstić information content (AvgIpc) is 2.03. The summed E-state index contributed by atoms with van der Waals surface area (Å²) >= 11 is 0. The van der Waals surface area contributed by atoms with Gasteiger partial charge in [-0.1, -0.05) is 59.3 Å². The van der Waals surface area contributed by atoms with Crippen LogP contribution in [0.3, 0.4) is 0 Å². The van der Waals surface area contributed by atoms with Gasteiger partial charge < -0.3 is 0 Å². The molecule has 3 rings (SSSR count). The first-order chi connectivity index (χ1) is 7.53. The van der Waals surface area contributed by atoms with Crippen LogP contribution in [0.4, 0.5) is 0 Å². The third-order valence-electron chi connectivity index (χ3n) is 4.68. The van der Waals surface area contributed by atoms with Crippen LogP contribution in [0.25, 0.3) is 0 Å². The quantitative estimate of drug-likeness (QED) is 0.556. The molecule has 0 saturated heterocycles. The molecular formula is C16H30. The molecule has 16 heavy (non-hydrogen) atoms. The lowest BCUT2D eigenvalue weighted by atomic mass is 9.69. The van der Waals surface area contributed by atoms with Crippen molar-refractivity contribution in [2.45, 2.75) is 78.6 Å². The minimum Gasteiger partial charge on any atom is -0.0602 e. The molecule has 0 N–H and O–H groups in total. The molecule has 3 aliphatic carbocycles. The summed E-state index contributed by atoms with van der Waals surface area (Å²) in [6.45, 7) is 7.25. The zero-order valence-electron chi connectivity index (χ0n) is 11.6. The third kappa shape index (κ3) is 3.79. The Bertz CT molecular complexity index is 187. The molecule has 0 nitrogen and oxygen atoms in total. The highest BCUT2D eigenvalue weighted by Crippen LogP contribution is 2.42. The zero-order chi connectivity index (χ0) is 11.6. The van der Waals surface area contributed by atoms with Crippen LogP contribution in [0.5, 0.6) is 0 Å². The van der Waals surface area contributed by atoms with Crippen molar-refractivity contribution in [1.82, 2.24) is 0 Å². The van der Waals surface area contributed by atoms with Crippen LogP contribution < -0.4 is 0 Å². The molecule has 0 unspecified atom stereocenters. The lowest BCUT2D eigenvalue weighted by Crippen LogP contribution is -2.24. The molecule has 3 aliphatic rings. The van der Waals surface area contributed by atoms with Gasteiger partial charge in [0.15, 0.2) is 0 Å². The minimum atomic E-state index is 0.540. The van der Waals surface area contributed by atoms with E-state index in [1.54, 1.807) is 12.8 Å². The van der Waals surface area contributed by atoms with Crippen molar-refractivity contribution in [2.24, 2.45) is 23.2 Å². The normalized spacial score (nSPS) is 36.6. The van der Waals surface area contributed by atoms with Gasteiger partial charge in [0.05, 0.1) is 0 Å². The summed E-state index contributed by atoms with van der Waals surface area (Å²) in [6.07, 6.45) is 13.8.